The molecule has 1 N–H and O–H groups in total. The topological polar surface area (TPSA) is 49.8 Å². The van der Waals surface area contributed by atoms with Crippen LogP contribution in [0.1, 0.15) is 65.7 Å². The number of nitrogens with zero attached hydrogens (tertiary/aromatic N) is 1. The summed E-state index contributed by atoms with van der Waals surface area (Å²) in [4.78, 5) is 13.7. The molecule has 1 aliphatic rings. The molecule has 1 fully saturated rings. The molecule has 0 heterocycles. The van der Waals surface area contributed by atoms with Crippen LogP contribution in [0.4, 0.5) is 4.79 Å². The maximum absolute atomic E-state index is 12.0. The van der Waals surface area contributed by atoms with Gasteiger partial charge in [0, 0.05) is 13.1 Å². The average Bonchev–Trinajstić information content (AvgIpc) is 2.37. The van der Waals surface area contributed by atoms with E-state index in [4.69, 9.17) is 9.84 Å². The number of aliphatic hydroxyl groups is 1. The molecule has 0 spiro atoms. The molecule has 0 unspecified atom stereocenters. The molecule has 0 aromatic rings. The van der Waals surface area contributed by atoms with E-state index in [0.717, 1.165) is 12.3 Å². The third-order valence-electron chi connectivity index (χ3n) is 3.79. The molecule has 4 heteroatoms. The van der Waals surface area contributed by atoms with Gasteiger partial charge in [0.15, 0.2) is 0 Å². The molecule has 1 amide bonds. The van der Waals surface area contributed by atoms with Gasteiger partial charge in [0.2, 0.25) is 0 Å². The van der Waals surface area contributed by atoms with Gasteiger partial charge in [-0.2, -0.15) is 0 Å². The van der Waals surface area contributed by atoms with Crippen LogP contribution in [0.25, 0.3) is 0 Å². The first kappa shape index (κ1) is 17.3. The minimum absolute atomic E-state index is 0.0112. The Hall–Kier alpha value is -0.770. The van der Waals surface area contributed by atoms with Gasteiger partial charge in [-0.15, -0.1) is 0 Å². The normalized spacial score (nSPS) is 17.0. The summed E-state index contributed by atoms with van der Waals surface area (Å²) < 4.78 is 5.37. The summed E-state index contributed by atoms with van der Waals surface area (Å²) >= 11 is 0. The number of hydrogen-bond acceptors (Lipinski definition) is 3. The Morgan fingerprint density at radius 2 is 1.85 bits per heavy atom. The Labute approximate surface area is 123 Å². The molecule has 0 aromatic heterocycles. The van der Waals surface area contributed by atoms with Crippen molar-refractivity contribution in [2.45, 2.75) is 71.3 Å². The third-order valence-corrected chi connectivity index (χ3v) is 3.79. The lowest BCUT2D eigenvalue weighted by atomic mass is 9.86. The number of ether oxygens (including phenoxy) is 1. The van der Waals surface area contributed by atoms with E-state index < -0.39 is 5.60 Å². The maximum Gasteiger partial charge on any atom is 0.410 e. The van der Waals surface area contributed by atoms with E-state index in [0.29, 0.717) is 13.1 Å². The zero-order valence-corrected chi connectivity index (χ0v) is 13.4. The predicted molar refractivity (Wildman–Crippen MR) is 80.7 cm³/mol. The standard InChI is InChI=1S/C16H31NO3/c1-16(2,3)20-15(19)17(12-13-18)11-7-10-14-8-5-4-6-9-14/h14,18H,4-13H2,1-3H3. The molecule has 20 heavy (non-hydrogen) atoms. The smallest absolute Gasteiger partial charge is 0.410 e. The summed E-state index contributed by atoms with van der Waals surface area (Å²) in [6.07, 6.45) is 8.66. The Morgan fingerprint density at radius 3 is 2.40 bits per heavy atom. The molecule has 0 radical (unpaired) electrons. The first-order chi connectivity index (χ1) is 9.42. The summed E-state index contributed by atoms with van der Waals surface area (Å²) in [5, 5.41) is 9.08. The Balaban J connectivity index is 2.32. The van der Waals surface area contributed by atoms with Gasteiger partial charge in [0.25, 0.3) is 0 Å². The Kier molecular flexibility index (Phi) is 7.35. The number of hydrogen-bond donors (Lipinski definition) is 1. The Bertz CT molecular complexity index is 280. The predicted octanol–water partition coefficient (Wildman–Crippen LogP) is 3.58. The van der Waals surface area contributed by atoms with Crippen molar-refractivity contribution in [1.29, 1.82) is 0 Å². The van der Waals surface area contributed by atoms with E-state index in [9.17, 15) is 4.79 Å². The molecule has 4 nitrogen and oxygen atoms in total. The highest BCUT2D eigenvalue weighted by Crippen LogP contribution is 2.27. The second-order valence-corrected chi connectivity index (χ2v) is 6.84. The van der Waals surface area contributed by atoms with Crippen molar-refractivity contribution in [3.63, 3.8) is 0 Å². The van der Waals surface area contributed by atoms with Crippen LogP contribution >= 0.6 is 0 Å². The Morgan fingerprint density at radius 1 is 1.20 bits per heavy atom. The number of carbonyl (C=O) groups excluding carboxylic acids is 1. The fourth-order valence-corrected chi connectivity index (χ4v) is 2.79. The van der Waals surface area contributed by atoms with Gasteiger partial charge in [0.1, 0.15) is 5.60 Å². The molecule has 0 aromatic carbocycles. The van der Waals surface area contributed by atoms with Crippen LogP contribution in [0.2, 0.25) is 0 Å². The molecule has 1 aliphatic carbocycles. The van der Waals surface area contributed by atoms with Gasteiger partial charge in [-0.1, -0.05) is 32.1 Å². The summed E-state index contributed by atoms with van der Waals surface area (Å²) in [7, 11) is 0. The molecule has 0 aliphatic heterocycles. The lowest BCUT2D eigenvalue weighted by Crippen LogP contribution is -2.39. The van der Waals surface area contributed by atoms with Gasteiger partial charge in [0.05, 0.1) is 6.61 Å². The van der Waals surface area contributed by atoms with Gasteiger partial charge >= 0.3 is 6.09 Å². The zero-order valence-electron chi connectivity index (χ0n) is 13.4. The van der Waals surface area contributed by atoms with Gasteiger partial charge in [-0.3, -0.25) is 0 Å². The highest BCUT2D eigenvalue weighted by atomic mass is 16.6. The van der Waals surface area contributed by atoms with E-state index in [1.54, 1.807) is 4.90 Å². The molecule has 0 bridgehead atoms. The van der Waals surface area contributed by atoms with E-state index in [1.807, 2.05) is 20.8 Å². The second kappa shape index (κ2) is 8.50. The van der Waals surface area contributed by atoms with Crippen molar-refractivity contribution in [1.82, 2.24) is 4.90 Å². The highest BCUT2D eigenvalue weighted by Gasteiger charge is 2.22. The lowest BCUT2D eigenvalue weighted by Gasteiger charge is -2.28. The summed E-state index contributed by atoms with van der Waals surface area (Å²) in [6, 6.07) is 0. The lowest BCUT2D eigenvalue weighted by molar-refractivity contribution is 0.0213. The summed E-state index contributed by atoms with van der Waals surface area (Å²) in [5.41, 5.74) is -0.478. The number of carbonyl (C=O) groups is 1. The minimum Gasteiger partial charge on any atom is -0.444 e. The van der Waals surface area contributed by atoms with Crippen molar-refractivity contribution in [2.24, 2.45) is 5.92 Å². The first-order valence-corrected chi connectivity index (χ1v) is 8.01. The molecule has 1 saturated carbocycles. The van der Waals surface area contributed by atoms with Crippen LogP contribution in [0.5, 0.6) is 0 Å². The van der Waals surface area contributed by atoms with Crippen LogP contribution in [0.15, 0.2) is 0 Å². The van der Waals surface area contributed by atoms with Crippen molar-refractivity contribution in [2.75, 3.05) is 19.7 Å². The number of rotatable bonds is 6. The SMILES string of the molecule is CC(C)(C)OC(=O)N(CCO)CCCC1CCCCC1. The van der Waals surface area contributed by atoms with E-state index in [1.165, 1.54) is 38.5 Å². The largest absolute Gasteiger partial charge is 0.444 e. The minimum atomic E-state index is -0.478. The average molecular weight is 285 g/mol. The molecule has 0 atom stereocenters. The van der Waals surface area contributed by atoms with Crippen molar-refractivity contribution in [3.8, 4) is 0 Å². The molecular weight excluding hydrogens is 254 g/mol. The highest BCUT2D eigenvalue weighted by molar-refractivity contribution is 5.68. The molecule has 0 saturated heterocycles. The monoisotopic (exact) mass is 285 g/mol. The van der Waals surface area contributed by atoms with Gasteiger partial charge < -0.3 is 14.7 Å². The van der Waals surface area contributed by atoms with Crippen LogP contribution in [0, 0.1) is 5.92 Å². The van der Waals surface area contributed by atoms with Gasteiger partial charge in [-0.05, 0) is 39.5 Å². The van der Waals surface area contributed by atoms with E-state index >= 15 is 0 Å². The third kappa shape index (κ3) is 7.13. The maximum atomic E-state index is 12.0. The molecule has 1 rings (SSSR count). The molecular formula is C16H31NO3. The number of aliphatic hydroxyl groups excluding tert-OH is 1. The molecule has 118 valence electrons. The van der Waals surface area contributed by atoms with Crippen LogP contribution in [-0.4, -0.2) is 41.4 Å². The van der Waals surface area contributed by atoms with Crippen molar-refractivity contribution < 1.29 is 14.6 Å². The second-order valence-electron chi connectivity index (χ2n) is 6.84. The first-order valence-electron chi connectivity index (χ1n) is 8.01. The number of amides is 1. The summed E-state index contributed by atoms with van der Waals surface area (Å²) in [6.45, 7) is 6.63. The summed E-state index contributed by atoms with van der Waals surface area (Å²) in [5.74, 6) is 0.832. The van der Waals surface area contributed by atoms with Crippen molar-refractivity contribution in [3.05, 3.63) is 0 Å². The zero-order chi connectivity index (χ0) is 15.0. The van der Waals surface area contributed by atoms with Crippen molar-refractivity contribution >= 4 is 6.09 Å². The van der Waals surface area contributed by atoms with E-state index in [-0.39, 0.29) is 12.7 Å². The fourth-order valence-electron chi connectivity index (χ4n) is 2.79. The fraction of sp³-hybridized carbons (Fsp3) is 0.938. The van der Waals surface area contributed by atoms with Crippen LogP contribution < -0.4 is 0 Å². The quantitative estimate of drug-likeness (QED) is 0.811. The van der Waals surface area contributed by atoms with E-state index in [2.05, 4.69) is 0 Å². The van der Waals surface area contributed by atoms with Crippen LogP contribution in [0.3, 0.4) is 0 Å². The van der Waals surface area contributed by atoms with Gasteiger partial charge in [-0.25, -0.2) is 4.79 Å². The van der Waals surface area contributed by atoms with Crippen LogP contribution in [-0.2, 0) is 4.74 Å².